The monoisotopic (exact) mass is 156 g/mol. The minimum atomic E-state index is -0.407. The van der Waals surface area contributed by atoms with Crippen LogP contribution in [0.5, 0.6) is 0 Å². The van der Waals surface area contributed by atoms with Crippen LogP contribution in [0, 0.1) is 0 Å². The fourth-order valence-corrected chi connectivity index (χ4v) is 0.731. The molecule has 0 aliphatic rings. The van der Waals surface area contributed by atoms with E-state index in [1.807, 2.05) is 6.92 Å². The van der Waals surface area contributed by atoms with E-state index < -0.39 is 6.04 Å². The van der Waals surface area contributed by atoms with E-state index in [1.165, 1.54) is 0 Å². The second kappa shape index (κ2) is 3.45. The predicted octanol–water partition coefficient (Wildman–Crippen LogP) is -0.710. The van der Waals surface area contributed by atoms with Gasteiger partial charge in [0.1, 0.15) is 5.69 Å². The standard InChI is InChI=1S/C6H12N4O/c1-2-10-3-6(8-9-10)5(7)4-11/h3,5,11H,2,4,7H2,1H3. The molecule has 0 saturated heterocycles. The van der Waals surface area contributed by atoms with Gasteiger partial charge in [0.05, 0.1) is 18.8 Å². The lowest BCUT2D eigenvalue weighted by Gasteiger charge is -2.00. The molecular formula is C6H12N4O. The minimum absolute atomic E-state index is 0.0948. The highest BCUT2D eigenvalue weighted by atomic mass is 16.3. The first-order valence-electron chi connectivity index (χ1n) is 3.54. The lowest BCUT2D eigenvalue weighted by atomic mass is 10.2. The SMILES string of the molecule is CCn1cc(C(N)CO)nn1. The molecule has 0 aliphatic heterocycles. The maximum atomic E-state index is 8.67. The first-order valence-corrected chi connectivity index (χ1v) is 3.54. The second-order valence-electron chi connectivity index (χ2n) is 2.29. The van der Waals surface area contributed by atoms with Gasteiger partial charge in [0.25, 0.3) is 0 Å². The molecule has 0 radical (unpaired) electrons. The molecule has 0 amide bonds. The van der Waals surface area contributed by atoms with Crippen molar-refractivity contribution in [2.45, 2.75) is 19.5 Å². The maximum absolute atomic E-state index is 8.67. The quantitative estimate of drug-likeness (QED) is 0.606. The Morgan fingerprint density at radius 2 is 2.55 bits per heavy atom. The van der Waals surface area contributed by atoms with Crippen molar-refractivity contribution in [3.8, 4) is 0 Å². The third kappa shape index (κ3) is 1.75. The van der Waals surface area contributed by atoms with E-state index >= 15 is 0 Å². The number of aliphatic hydroxyl groups excluding tert-OH is 1. The van der Waals surface area contributed by atoms with Gasteiger partial charge < -0.3 is 10.8 Å². The zero-order valence-corrected chi connectivity index (χ0v) is 6.44. The fraction of sp³-hybridized carbons (Fsp3) is 0.667. The highest BCUT2D eigenvalue weighted by Crippen LogP contribution is 2.03. The number of nitrogens with zero attached hydrogens (tertiary/aromatic N) is 3. The number of aryl methyl sites for hydroxylation is 1. The highest BCUT2D eigenvalue weighted by molar-refractivity contribution is 4.98. The topological polar surface area (TPSA) is 77.0 Å². The van der Waals surface area contributed by atoms with Gasteiger partial charge >= 0.3 is 0 Å². The van der Waals surface area contributed by atoms with Gasteiger partial charge in [-0.2, -0.15) is 0 Å². The molecule has 1 atom stereocenters. The number of hydrogen-bond donors (Lipinski definition) is 2. The lowest BCUT2D eigenvalue weighted by Crippen LogP contribution is -2.14. The van der Waals surface area contributed by atoms with Crippen LogP contribution in [-0.2, 0) is 6.54 Å². The number of aromatic nitrogens is 3. The molecule has 0 bridgehead atoms. The van der Waals surface area contributed by atoms with Gasteiger partial charge in [0.15, 0.2) is 0 Å². The third-order valence-corrected chi connectivity index (χ3v) is 1.46. The molecule has 62 valence electrons. The van der Waals surface area contributed by atoms with Crippen LogP contribution < -0.4 is 5.73 Å². The van der Waals surface area contributed by atoms with Crippen molar-refractivity contribution < 1.29 is 5.11 Å². The van der Waals surface area contributed by atoms with Gasteiger partial charge in [-0.25, -0.2) is 0 Å². The number of hydrogen-bond acceptors (Lipinski definition) is 4. The number of nitrogens with two attached hydrogens (primary N) is 1. The summed E-state index contributed by atoms with van der Waals surface area (Å²) in [4.78, 5) is 0. The Kier molecular flexibility index (Phi) is 2.56. The summed E-state index contributed by atoms with van der Waals surface area (Å²) in [6, 6.07) is -0.407. The Balaban J connectivity index is 2.71. The Morgan fingerprint density at radius 3 is 3.00 bits per heavy atom. The van der Waals surface area contributed by atoms with Gasteiger partial charge in [-0.1, -0.05) is 5.21 Å². The smallest absolute Gasteiger partial charge is 0.102 e. The van der Waals surface area contributed by atoms with Gasteiger partial charge in [0, 0.05) is 6.54 Å². The van der Waals surface area contributed by atoms with Crippen molar-refractivity contribution in [1.29, 1.82) is 0 Å². The first kappa shape index (κ1) is 8.16. The van der Waals surface area contributed by atoms with Crippen LogP contribution in [0.3, 0.4) is 0 Å². The second-order valence-corrected chi connectivity index (χ2v) is 2.29. The number of rotatable bonds is 3. The van der Waals surface area contributed by atoms with Crippen molar-refractivity contribution in [2.75, 3.05) is 6.61 Å². The Bertz CT molecular complexity index is 222. The van der Waals surface area contributed by atoms with Crippen molar-refractivity contribution in [3.05, 3.63) is 11.9 Å². The molecule has 11 heavy (non-hydrogen) atoms. The maximum Gasteiger partial charge on any atom is 0.102 e. The molecule has 1 heterocycles. The van der Waals surface area contributed by atoms with Gasteiger partial charge in [-0.05, 0) is 6.92 Å². The van der Waals surface area contributed by atoms with E-state index in [2.05, 4.69) is 10.3 Å². The van der Waals surface area contributed by atoms with E-state index in [-0.39, 0.29) is 6.61 Å². The highest BCUT2D eigenvalue weighted by Gasteiger charge is 2.07. The average molecular weight is 156 g/mol. The average Bonchev–Trinajstić information content (AvgIpc) is 2.50. The molecule has 1 aromatic rings. The Labute approximate surface area is 64.8 Å². The fourth-order valence-electron chi connectivity index (χ4n) is 0.731. The molecule has 0 aromatic carbocycles. The molecule has 0 saturated carbocycles. The Morgan fingerprint density at radius 1 is 1.82 bits per heavy atom. The first-order chi connectivity index (χ1) is 5.27. The van der Waals surface area contributed by atoms with Crippen LogP contribution in [0.15, 0.2) is 6.20 Å². The summed E-state index contributed by atoms with van der Waals surface area (Å²) in [6.45, 7) is 2.64. The van der Waals surface area contributed by atoms with Crippen LogP contribution in [0.25, 0.3) is 0 Å². The summed E-state index contributed by atoms with van der Waals surface area (Å²) in [5.41, 5.74) is 6.13. The van der Waals surface area contributed by atoms with Crippen molar-refractivity contribution in [2.24, 2.45) is 5.73 Å². The van der Waals surface area contributed by atoms with Gasteiger partial charge in [-0.15, -0.1) is 5.10 Å². The van der Waals surface area contributed by atoms with Crippen LogP contribution in [-0.4, -0.2) is 26.7 Å². The minimum Gasteiger partial charge on any atom is -0.394 e. The van der Waals surface area contributed by atoms with E-state index in [9.17, 15) is 0 Å². The van der Waals surface area contributed by atoms with E-state index in [0.29, 0.717) is 5.69 Å². The molecule has 1 unspecified atom stereocenters. The molecule has 0 spiro atoms. The van der Waals surface area contributed by atoms with Gasteiger partial charge in [-0.3, -0.25) is 4.68 Å². The largest absolute Gasteiger partial charge is 0.394 e. The van der Waals surface area contributed by atoms with Crippen molar-refractivity contribution >= 4 is 0 Å². The van der Waals surface area contributed by atoms with Crippen molar-refractivity contribution in [3.63, 3.8) is 0 Å². The van der Waals surface area contributed by atoms with E-state index in [0.717, 1.165) is 6.54 Å². The summed E-state index contributed by atoms with van der Waals surface area (Å²) in [6.07, 6.45) is 1.74. The van der Waals surface area contributed by atoms with Crippen LogP contribution >= 0.6 is 0 Å². The van der Waals surface area contributed by atoms with Gasteiger partial charge in [0.2, 0.25) is 0 Å². The molecule has 5 heteroatoms. The van der Waals surface area contributed by atoms with E-state index in [1.54, 1.807) is 10.9 Å². The van der Waals surface area contributed by atoms with Crippen LogP contribution in [0.1, 0.15) is 18.7 Å². The number of aliphatic hydroxyl groups is 1. The van der Waals surface area contributed by atoms with Crippen molar-refractivity contribution in [1.82, 2.24) is 15.0 Å². The summed E-state index contributed by atoms with van der Waals surface area (Å²) in [7, 11) is 0. The molecule has 1 rings (SSSR count). The molecule has 3 N–H and O–H groups in total. The zero-order chi connectivity index (χ0) is 8.27. The third-order valence-electron chi connectivity index (χ3n) is 1.46. The molecule has 1 aromatic heterocycles. The summed E-state index contributed by atoms with van der Waals surface area (Å²) in [5.74, 6) is 0. The van der Waals surface area contributed by atoms with E-state index in [4.69, 9.17) is 10.8 Å². The normalized spacial score (nSPS) is 13.4. The summed E-state index contributed by atoms with van der Waals surface area (Å²) >= 11 is 0. The summed E-state index contributed by atoms with van der Waals surface area (Å²) < 4.78 is 1.67. The lowest BCUT2D eigenvalue weighted by molar-refractivity contribution is 0.266. The van der Waals surface area contributed by atoms with Crippen LogP contribution in [0.4, 0.5) is 0 Å². The summed E-state index contributed by atoms with van der Waals surface area (Å²) in [5, 5.41) is 16.2. The molecular weight excluding hydrogens is 144 g/mol. The molecule has 0 fully saturated rings. The van der Waals surface area contributed by atoms with Crippen LogP contribution in [0.2, 0.25) is 0 Å². The zero-order valence-electron chi connectivity index (χ0n) is 6.44. The molecule has 5 nitrogen and oxygen atoms in total. The molecule has 0 aliphatic carbocycles. The predicted molar refractivity (Wildman–Crippen MR) is 39.7 cm³/mol. The Hall–Kier alpha value is -0.940.